The molecular formula is C24H21ClN2O2S. The number of rotatable bonds is 8. The number of hydrazone groups is 1. The summed E-state index contributed by atoms with van der Waals surface area (Å²) in [7, 11) is 1.63. The Labute approximate surface area is 185 Å². The molecule has 30 heavy (non-hydrogen) atoms. The first-order chi connectivity index (χ1) is 14.7. The topological polar surface area (TPSA) is 50.7 Å². The van der Waals surface area contributed by atoms with Crippen molar-refractivity contribution in [3.63, 3.8) is 0 Å². The Morgan fingerprint density at radius 2 is 1.80 bits per heavy atom. The third-order valence-electron chi connectivity index (χ3n) is 4.18. The van der Waals surface area contributed by atoms with Crippen molar-refractivity contribution in [2.24, 2.45) is 5.10 Å². The van der Waals surface area contributed by atoms with Crippen molar-refractivity contribution >= 4 is 41.6 Å². The smallest absolute Gasteiger partial charge is 0.271 e. The van der Waals surface area contributed by atoms with Crippen molar-refractivity contribution in [3.8, 4) is 5.75 Å². The van der Waals surface area contributed by atoms with Gasteiger partial charge >= 0.3 is 0 Å². The number of hydrogen-bond donors (Lipinski definition) is 1. The molecule has 6 heteroatoms. The molecule has 3 aromatic carbocycles. The molecule has 0 fully saturated rings. The van der Waals surface area contributed by atoms with Crippen LogP contribution in [-0.4, -0.2) is 19.2 Å². The zero-order valence-corrected chi connectivity index (χ0v) is 18.0. The highest BCUT2D eigenvalue weighted by molar-refractivity contribution is 7.98. The van der Waals surface area contributed by atoms with Crippen molar-refractivity contribution < 1.29 is 9.53 Å². The normalized spacial score (nSPS) is 11.1. The summed E-state index contributed by atoms with van der Waals surface area (Å²) in [5, 5.41) is 4.69. The summed E-state index contributed by atoms with van der Waals surface area (Å²) >= 11 is 7.62. The van der Waals surface area contributed by atoms with Crippen LogP contribution in [-0.2, 0) is 5.75 Å². The van der Waals surface area contributed by atoms with Crippen LogP contribution in [0.1, 0.15) is 21.5 Å². The molecule has 0 aliphatic carbocycles. The lowest BCUT2D eigenvalue weighted by atomic mass is 10.1. The highest BCUT2D eigenvalue weighted by atomic mass is 35.5. The van der Waals surface area contributed by atoms with Crippen molar-refractivity contribution in [2.75, 3.05) is 7.11 Å². The van der Waals surface area contributed by atoms with Crippen molar-refractivity contribution in [3.05, 3.63) is 101 Å². The Hall–Kier alpha value is -3.02. The summed E-state index contributed by atoms with van der Waals surface area (Å²) in [4.78, 5) is 13.4. The van der Waals surface area contributed by atoms with Crippen LogP contribution >= 0.6 is 23.4 Å². The Morgan fingerprint density at radius 1 is 1.07 bits per heavy atom. The number of para-hydroxylation sites is 1. The molecule has 0 radical (unpaired) electrons. The van der Waals surface area contributed by atoms with Gasteiger partial charge in [-0.2, -0.15) is 5.10 Å². The molecule has 1 N–H and O–H groups in total. The molecule has 3 rings (SSSR count). The average Bonchev–Trinajstić information content (AvgIpc) is 2.79. The number of carbonyl (C=O) groups excluding carboxylic acids is 1. The minimum Gasteiger partial charge on any atom is -0.496 e. The van der Waals surface area contributed by atoms with Crippen LogP contribution < -0.4 is 10.2 Å². The molecular weight excluding hydrogens is 416 g/mol. The quantitative estimate of drug-likeness (QED) is 0.265. The minimum atomic E-state index is -0.256. The van der Waals surface area contributed by atoms with Gasteiger partial charge in [-0.1, -0.05) is 41.9 Å². The standard InChI is InChI=1S/C24H21ClN2O2S/c1-29-23-7-3-2-5-19(23)6-4-16-26-27-24(28)20-10-8-18(9-11-20)17-30-22-14-12-21(25)13-15-22/h2-16H,17H2,1H3,(H,27,28). The first-order valence-corrected chi connectivity index (χ1v) is 10.6. The Bertz CT molecular complexity index is 1030. The summed E-state index contributed by atoms with van der Waals surface area (Å²) in [6.07, 6.45) is 5.14. The summed E-state index contributed by atoms with van der Waals surface area (Å²) in [6, 6.07) is 22.9. The van der Waals surface area contributed by atoms with E-state index in [9.17, 15) is 4.79 Å². The molecule has 152 valence electrons. The molecule has 0 unspecified atom stereocenters. The zero-order valence-electron chi connectivity index (χ0n) is 16.4. The van der Waals surface area contributed by atoms with Crippen molar-refractivity contribution in [1.82, 2.24) is 5.43 Å². The number of nitrogens with zero attached hydrogens (tertiary/aromatic N) is 1. The SMILES string of the molecule is COc1ccccc1C=CC=NNC(=O)c1ccc(CSc2ccc(Cl)cc2)cc1. The third kappa shape index (κ3) is 6.51. The van der Waals surface area contributed by atoms with E-state index in [1.807, 2.05) is 66.7 Å². The predicted molar refractivity (Wildman–Crippen MR) is 125 cm³/mol. The largest absolute Gasteiger partial charge is 0.496 e. The fourth-order valence-electron chi connectivity index (χ4n) is 2.60. The van der Waals surface area contributed by atoms with Crippen molar-refractivity contribution in [2.45, 2.75) is 10.6 Å². The van der Waals surface area contributed by atoms with E-state index >= 15 is 0 Å². The number of carbonyl (C=O) groups is 1. The minimum absolute atomic E-state index is 0.256. The Kier molecular flexibility index (Phi) is 8.12. The van der Waals surface area contributed by atoms with E-state index in [4.69, 9.17) is 16.3 Å². The number of allylic oxidation sites excluding steroid dienone is 1. The molecule has 0 atom stereocenters. The molecule has 0 heterocycles. The number of nitrogens with one attached hydrogen (secondary N) is 1. The number of halogens is 1. The van der Waals surface area contributed by atoms with Crippen LogP contribution in [0.15, 0.2) is 88.9 Å². The van der Waals surface area contributed by atoms with Crippen LogP contribution in [0.5, 0.6) is 5.75 Å². The van der Waals surface area contributed by atoms with E-state index in [1.54, 1.807) is 37.1 Å². The summed E-state index contributed by atoms with van der Waals surface area (Å²) in [5.41, 5.74) is 5.15. The number of hydrogen-bond acceptors (Lipinski definition) is 4. The van der Waals surface area contributed by atoms with Gasteiger partial charge in [0.15, 0.2) is 0 Å². The van der Waals surface area contributed by atoms with Crippen LogP contribution in [0.25, 0.3) is 6.08 Å². The van der Waals surface area contributed by atoms with Gasteiger partial charge in [0.1, 0.15) is 5.75 Å². The summed E-state index contributed by atoms with van der Waals surface area (Å²) in [5.74, 6) is 1.34. The lowest BCUT2D eigenvalue weighted by Gasteiger charge is -2.04. The number of methoxy groups -OCH3 is 1. The summed E-state index contributed by atoms with van der Waals surface area (Å²) < 4.78 is 5.28. The van der Waals surface area contributed by atoms with Crippen LogP contribution in [0, 0.1) is 0 Å². The molecule has 0 saturated heterocycles. The maximum Gasteiger partial charge on any atom is 0.271 e. The van der Waals surface area contributed by atoms with Gasteiger partial charge in [0.2, 0.25) is 0 Å². The van der Waals surface area contributed by atoms with Gasteiger partial charge in [-0.15, -0.1) is 11.8 Å². The molecule has 0 aromatic heterocycles. The van der Waals surface area contributed by atoms with Gasteiger partial charge in [0.05, 0.1) is 7.11 Å². The van der Waals surface area contributed by atoms with Gasteiger partial charge < -0.3 is 4.74 Å². The Morgan fingerprint density at radius 3 is 2.53 bits per heavy atom. The number of benzene rings is 3. The zero-order chi connectivity index (χ0) is 21.2. The van der Waals surface area contributed by atoms with Crippen LogP contribution in [0.4, 0.5) is 0 Å². The van der Waals surface area contributed by atoms with E-state index in [0.29, 0.717) is 5.56 Å². The van der Waals surface area contributed by atoms with Gasteiger partial charge in [0.25, 0.3) is 5.91 Å². The molecule has 0 aliphatic heterocycles. The van der Waals surface area contributed by atoms with Gasteiger partial charge in [0, 0.05) is 33.0 Å². The summed E-state index contributed by atoms with van der Waals surface area (Å²) in [6.45, 7) is 0. The molecule has 3 aromatic rings. The monoisotopic (exact) mass is 436 g/mol. The molecule has 4 nitrogen and oxygen atoms in total. The van der Waals surface area contributed by atoms with E-state index in [2.05, 4.69) is 10.5 Å². The first kappa shape index (κ1) is 21.7. The molecule has 0 saturated carbocycles. The lowest BCUT2D eigenvalue weighted by molar-refractivity contribution is 0.0955. The average molecular weight is 437 g/mol. The van der Waals surface area contributed by atoms with E-state index < -0.39 is 0 Å². The fourth-order valence-corrected chi connectivity index (χ4v) is 3.58. The number of ether oxygens (including phenoxy) is 1. The van der Waals surface area contributed by atoms with Gasteiger partial charge in [-0.05, 0) is 60.2 Å². The number of amides is 1. The maximum absolute atomic E-state index is 12.2. The predicted octanol–water partition coefficient (Wildman–Crippen LogP) is 6.07. The Balaban J connectivity index is 1.48. The first-order valence-electron chi connectivity index (χ1n) is 9.26. The van der Waals surface area contributed by atoms with Crippen LogP contribution in [0.3, 0.4) is 0 Å². The highest BCUT2D eigenvalue weighted by Crippen LogP contribution is 2.24. The van der Waals surface area contributed by atoms with Crippen LogP contribution in [0.2, 0.25) is 5.02 Å². The third-order valence-corrected chi connectivity index (χ3v) is 5.51. The second-order valence-electron chi connectivity index (χ2n) is 6.26. The van der Waals surface area contributed by atoms with Gasteiger partial charge in [-0.25, -0.2) is 5.43 Å². The molecule has 0 bridgehead atoms. The molecule has 0 aliphatic rings. The second kappa shape index (κ2) is 11.2. The van der Waals surface area contributed by atoms with E-state index in [0.717, 1.165) is 32.5 Å². The highest BCUT2D eigenvalue weighted by Gasteiger charge is 2.04. The molecule has 1 amide bonds. The van der Waals surface area contributed by atoms with Gasteiger partial charge in [-0.3, -0.25) is 4.79 Å². The van der Waals surface area contributed by atoms with E-state index in [1.165, 1.54) is 6.21 Å². The molecule has 0 spiro atoms. The fraction of sp³-hybridized carbons (Fsp3) is 0.0833. The van der Waals surface area contributed by atoms with E-state index in [-0.39, 0.29) is 5.91 Å². The maximum atomic E-state index is 12.2. The number of thioether (sulfide) groups is 1. The van der Waals surface area contributed by atoms with Crippen molar-refractivity contribution in [1.29, 1.82) is 0 Å². The second-order valence-corrected chi connectivity index (χ2v) is 7.74. The lowest BCUT2D eigenvalue weighted by Crippen LogP contribution is -2.17.